The Morgan fingerprint density at radius 2 is 2.27 bits per heavy atom. The number of carbonyl (C=O) groups excluding carboxylic acids is 1. The van der Waals surface area contributed by atoms with E-state index in [2.05, 4.69) is 21.2 Å². The Hall–Kier alpha value is -0.540. The average Bonchev–Trinajstić information content (AvgIpc) is 2.17. The Bertz CT molecular complexity index is 368. The van der Waals surface area contributed by atoms with E-state index in [1.165, 1.54) is 0 Å². The first kappa shape index (κ1) is 12.5. The van der Waals surface area contributed by atoms with E-state index >= 15 is 0 Å². The molecule has 1 atom stereocenters. The fourth-order valence-corrected chi connectivity index (χ4v) is 1.87. The lowest BCUT2D eigenvalue weighted by Crippen LogP contribution is -2.27. The monoisotopic (exact) mass is 289 g/mol. The Kier molecular flexibility index (Phi) is 4.61. The molecule has 1 rings (SSSR count). The van der Waals surface area contributed by atoms with Crippen LogP contribution in [0.15, 0.2) is 18.2 Å². The summed E-state index contributed by atoms with van der Waals surface area (Å²) in [7, 11) is 0. The molecule has 0 spiro atoms. The molecule has 0 radical (unpaired) electrons. The summed E-state index contributed by atoms with van der Waals surface area (Å²) in [4.78, 5) is 11.2. The predicted molar refractivity (Wildman–Crippen MR) is 66.5 cm³/mol. The van der Waals surface area contributed by atoms with Crippen LogP contribution in [0.1, 0.15) is 24.1 Å². The lowest BCUT2D eigenvalue weighted by molar-refractivity contribution is -0.119. The van der Waals surface area contributed by atoms with Gasteiger partial charge in [-0.1, -0.05) is 33.6 Å². The maximum Gasteiger partial charge on any atom is 0.231 e. The Labute approximate surface area is 103 Å². The van der Waals surface area contributed by atoms with Crippen LogP contribution in [0.25, 0.3) is 0 Å². The van der Waals surface area contributed by atoms with Crippen molar-refractivity contribution in [3.05, 3.63) is 34.3 Å². The lowest BCUT2D eigenvalue weighted by Gasteiger charge is -2.16. The standard InChI is InChI=1S/C11H13BrClNO/c1-7-5-9(13)3-4-10(7)8(2)14-11(15)6-12/h3-5,8H,6H2,1-2H3,(H,14,15). The summed E-state index contributed by atoms with van der Waals surface area (Å²) >= 11 is 8.97. The fraction of sp³-hybridized carbons (Fsp3) is 0.364. The molecule has 0 aliphatic heterocycles. The molecule has 1 aromatic rings. The number of amides is 1. The minimum Gasteiger partial charge on any atom is -0.349 e. The van der Waals surface area contributed by atoms with Crippen LogP contribution in [0.4, 0.5) is 0 Å². The van der Waals surface area contributed by atoms with Crippen molar-refractivity contribution in [2.24, 2.45) is 0 Å². The molecular formula is C11H13BrClNO. The van der Waals surface area contributed by atoms with Gasteiger partial charge in [-0.25, -0.2) is 0 Å². The van der Waals surface area contributed by atoms with Gasteiger partial charge in [-0.2, -0.15) is 0 Å². The second kappa shape index (κ2) is 5.52. The van der Waals surface area contributed by atoms with Crippen LogP contribution >= 0.6 is 27.5 Å². The predicted octanol–water partition coefficient (Wildman–Crippen LogP) is 3.22. The number of alkyl halides is 1. The van der Waals surface area contributed by atoms with Gasteiger partial charge in [0.2, 0.25) is 5.91 Å². The van der Waals surface area contributed by atoms with Crippen molar-refractivity contribution in [3.63, 3.8) is 0 Å². The van der Waals surface area contributed by atoms with Crippen LogP contribution in [0.2, 0.25) is 5.02 Å². The number of carbonyl (C=O) groups is 1. The van der Waals surface area contributed by atoms with E-state index in [9.17, 15) is 4.79 Å². The van der Waals surface area contributed by atoms with Gasteiger partial charge in [0.25, 0.3) is 0 Å². The number of hydrogen-bond acceptors (Lipinski definition) is 1. The molecule has 2 nitrogen and oxygen atoms in total. The van der Waals surface area contributed by atoms with Gasteiger partial charge in [0.1, 0.15) is 0 Å². The van der Waals surface area contributed by atoms with Crippen molar-refractivity contribution in [2.45, 2.75) is 19.9 Å². The molecule has 0 aliphatic carbocycles. The Balaban J connectivity index is 2.82. The van der Waals surface area contributed by atoms with Gasteiger partial charge in [0, 0.05) is 5.02 Å². The average molecular weight is 291 g/mol. The molecular weight excluding hydrogens is 277 g/mol. The van der Waals surface area contributed by atoms with Gasteiger partial charge in [0.05, 0.1) is 11.4 Å². The SMILES string of the molecule is Cc1cc(Cl)ccc1C(C)NC(=O)CBr. The molecule has 0 bridgehead atoms. The first-order valence-electron chi connectivity index (χ1n) is 4.66. The minimum atomic E-state index is -0.0168. The number of rotatable bonds is 3. The van der Waals surface area contributed by atoms with E-state index in [0.717, 1.165) is 16.1 Å². The van der Waals surface area contributed by atoms with Crippen molar-refractivity contribution < 1.29 is 4.79 Å². The molecule has 1 aromatic carbocycles. The van der Waals surface area contributed by atoms with Crippen LogP contribution in [-0.4, -0.2) is 11.2 Å². The first-order chi connectivity index (χ1) is 7.04. The summed E-state index contributed by atoms with van der Waals surface area (Å²) in [6.45, 7) is 3.94. The lowest BCUT2D eigenvalue weighted by atomic mass is 10.0. The first-order valence-corrected chi connectivity index (χ1v) is 6.16. The smallest absolute Gasteiger partial charge is 0.231 e. The zero-order valence-electron chi connectivity index (χ0n) is 8.68. The summed E-state index contributed by atoms with van der Waals surface area (Å²) < 4.78 is 0. The molecule has 0 aliphatic rings. The maximum atomic E-state index is 11.2. The molecule has 15 heavy (non-hydrogen) atoms. The van der Waals surface area contributed by atoms with Gasteiger partial charge in [0.15, 0.2) is 0 Å². The third-order valence-electron chi connectivity index (χ3n) is 2.20. The van der Waals surface area contributed by atoms with E-state index in [1.54, 1.807) is 0 Å². The topological polar surface area (TPSA) is 29.1 Å². The summed E-state index contributed by atoms with van der Waals surface area (Å²) in [5.41, 5.74) is 2.18. The Morgan fingerprint density at radius 1 is 1.60 bits per heavy atom. The number of halogens is 2. The van der Waals surface area contributed by atoms with Crippen molar-refractivity contribution in [2.75, 3.05) is 5.33 Å². The highest BCUT2D eigenvalue weighted by atomic mass is 79.9. The molecule has 0 aromatic heterocycles. The molecule has 0 saturated carbocycles. The summed E-state index contributed by atoms with van der Waals surface area (Å²) in [6, 6.07) is 5.68. The molecule has 0 heterocycles. The van der Waals surface area contributed by atoms with Gasteiger partial charge < -0.3 is 5.32 Å². The number of hydrogen-bond donors (Lipinski definition) is 1. The molecule has 82 valence electrons. The van der Waals surface area contributed by atoms with Crippen molar-refractivity contribution >= 4 is 33.4 Å². The molecule has 0 fully saturated rings. The largest absolute Gasteiger partial charge is 0.349 e. The highest BCUT2D eigenvalue weighted by Crippen LogP contribution is 2.21. The number of nitrogens with one attached hydrogen (secondary N) is 1. The highest BCUT2D eigenvalue weighted by molar-refractivity contribution is 9.09. The normalized spacial score (nSPS) is 12.3. The Morgan fingerprint density at radius 3 is 2.80 bits per heavy atom. The van der Waals surface area contributed by atoms with Gasteiger partial charge >= 0.3 is 0 Å². The molecule has 1 amide bonds. The maximum absolute atomic E-state index is 11.2. The molecule has 1 unspecified atom stereocenters. The number of benzene rings is 1. The van der Waals surface area contributed by atoms with Gasteiger partial charge in [-0.15, -0.1) is 0 Å². The van der Waals surface area contributed by atoms with E-state index in [4.69, 9.17) is 11.6 Å². The molecule has 1 N–H and O–H groups in total. The minimum absolute atomic E-state index is 0.00677. The van der Waals surface area contributed by atoms with Crippen molar-refractivity contribution in [3.8, 4) is 0 Å². The second-order valence-corrected chi connectivity index (χ2v) is 4.42. The third-order valence-corrected chi connectivity index (χ3v) is 2.94. The summed E-state index contributed by atoms with van der Waals surface area (Å²) in [5, 5.41) is 3.92. The van der Waals surface area contributed by atoms with Crippen LogP contribution in [0.3, 0.4) is 0 Å². The molecule has 0 saturated heterocycles. The quantitative estimate of drug-likeness (QED) is 0.851. The van der Waals surface area contributed by atoms with Crippen LogP contribution < -0.4 is 5.32 Å². The highest BCUT2D eigenvalue weighted by Gasteiger charge is 2.10. The van der Waals surface area contributed by atoms with E-state index in [-0.39, 0.29) is 11.9 Å². The summed E-state index contributed by atoms with van der Waals surface area (Å²) in [6.07, 6.45) is 0. The third kappa shape index (κ3) is 3.50. The van der Waals surface area contributed by atoms with Gasteiger partial charge in [-0.3, -0.25) is 4.79 Å². The van der Waals surface area contributed by atoms with Crippen LogP contribution in [0.5, 0.6) is 0 Å². The molecule has 4 heteroatoms. The zero-order chi connectivity index (χ0) is 11.4. The fourth-order valence-electron chi connectivity index (χ4n) is 1.48. The van der Waals surface area contributed by atoms with Crippen molar-refractivity contribution in [1.82, 2.24) is 5.32 Å². The van der Waals surface area contributed by atoms with E-state index in [0.29, 0.717) is 5.33 Å². The van der Waals surface area contributed by atoms with E-state index in [1.807, 2.05) is 32.0 Å². The second-order valence-electron chi connectivity index (χ2n) is 3.42. The van der Waals surface area contributed by atoms with Crippen LogP contribution in [0, 0.1) is 6.92 Å². The van der Waals surface area contributed by atoms with E-state index < -0.39 is 0 Å². The summed E-state index contributed by atoms with van der Waals surface area (Å²) in [5.74, 6) is -0.0168. The van der Waals surface area contributed by atoms with Crippen LogP contribution in [-0.2, 0) is 4.79 Å². The number of aryl methyl sites for hydroxylation is 1. The zero-order valence-corrected chi connectivity index (χ0v) is 11.0. The van der Waals surface area contributed by atoms with Gasteiger partial charge in [-0.05, 0) is 37.1 Å². The van der Waals surface area contributed by atoms with Crippen molar-refractivity contribution in [1.29, 1.82) is 0 Å².